The number of unbranched alkanes of at least 4 members (excludes halogenated alkanes) is 5. The van der Waals surface area contributed by atoms with Gasteiger partial charge in [0.1, 0.15) is 13.2 Å². The van der Waals surface area contributed by atoms with E-state index in [9.17, 15) is 9.59 Å². The number of hydrogen-bond acceptors (Lipinski definition) is 7. The number of carbonyl (C=O) groups excluding carboxylic acids is 1. The lowest BCUT2D eigenvalue weighted by molar-refractivity contribution is -0.145. The van der Waals surface area contributed by atoms with E-state index in [1.807, 2.05) is 0 Å². The Morgan fingerprint density at radius 1 is 0.667 bits per heavy atom. The van der Waals surface area contributed by atoms with Crippen LogP contribution in [0.4, 0.5) is 0 Å². The summed E-state index contributed by atoms with van der Waals surface area (Å²) >= 11 is 0. The van der Waals surface area contributed by atoms with Crippen LogP contribution in [0, 0.1) is 0 Å². The van der Waals surface area contributed by atoms with E-state index >= 15 is 0 Å². The molecule has 0 rings (SSSR count). The molecule has 0 atom stereocenters. The molecule has 0 heterocycles. The fourth-order valence-electron chi connectivity index (χ4n) is 2.16. The van der Waals surface area contributed by atoms with Gasteiger partial charge in [-0.2, -0.15) is 0 Å². The van der Waals surface area contributed by atoms with E-state index in [-0.39, 0.29) is 25.8 Å². The van der Waals surface area contributed by atoms with Crippen LogP contribution < -0.4 is 0 Å². The number of carbonyl (C=O) groups is 2. The molecule has 27 heavy (non-hydrogen) atoms. The van der Waals surface area contributed by atoms with Gasteiger partial charge in [-0.3, -0.25) is 4.79 Å². The molecule has 0 aliphatic heterocycles. The van der Waals surface area contributed by atoms with Gasteiger partial charge < -0.3 is 28.8 Å². The lowest BCUT2D eigenvalue weighted by atomic mass is 10.1. The van der Waals surface area contributed by atoms with Crippen molar-refractivity contribution in [2.24, 2.45) is 0 Å². The van der Waals surface area contributed by atoms with Gasteiger partial charge >= 0.3 is 11.9 Å². The van der Waals surface area contributed by atoms with Crippen molar-refractivity contribution in [1.29, 1.82) is 0 Å². The zero-order chi connectivity index (χ0) is 20.0. The Hall–Kier alpha value is -1.22. The van der Waals surface area contributed by atoms with Gasteiger partial charge in [0.15, 0.2) is 0 Å². The first-order valence-corrected chi connectivity index (χ1v) is 9.85. The molecule has 0 aliphatic rings. The number of rotatable bonds is 21. The second kappa shape index (κ2) is 21.1. The molecule has 1 N–H and O–H groups in total. The number of aliphatic carboxylic acids is 1. The highest BCUT2D eigenvalue weighted by atomic mass is 16.6. The van der Waals surface area contributed by atoms with Crippen LogP contribution in [0.5, 0.6) is 0 Å². The molecule has 8 heteroatoms. The summed E-state index contributed by atoms with van der Waals surface area (Å²) in [6.45, 7) is 4.78. The van der Waals surface area contributed by atoms with Gasteiger partial charge in [0.25, 0.3) is 0 Å². The number of esters is 1. The molecule has 0 aromatic carbocycles. The molecule has 8 nitrogen and oxygen atoms in total. The normalized spacial score (nSPS) is 10.9. The fourth-order valence-corrected chi connectivity index (χ4v) is 2.16. The molecule has 0 aliphatic carbocycles. The summed E-state index contributed by atoms with van der Waals surface area (Å²) < 4.78 is 25.7. The van der Waals surface area contributed by atoms with Crippen molar-refractivity contribution in [3.8, 4) is 0 Å². The summed E-state index contributed by atoms with van der Waals surface area (Å²) in [5, 5.41) is 8.36. The van der Waals surface area contributed by atoms with Gasteiger partial charge in [-0.05, 0) is 6.42 Å². The molecule has 0 saturated carbocycles. The summed E-state index contributed by atoms with van der Waals surface area (Å²) in [5.41, 5.74) is 0. The highest BCUT2D eigenvalue weighted by Crippen LogP contribution is 2.07. The predicted octanol–water partition coefficient (Wildman–Crippen LogP) is 2.43. The zero-order valence-corrected chi connectivity index (χ0v) is 16.6. The van der Waals surface area contributed by atoms with E-state index in [4.69, 9.17) is 28.8 Å². The van der Waals surface area contributed by atoms with Crippen LogP contribution in [0.15, 0.2) is 0 Å². The van der Waals surface area contributed by atoms with E-state index in [0.717, 1.165) is 12.8 Å². The Labute approximate surface area is 162 Å². The first-order chi connectivity index (χ1) is 13.2. The van der Waals surface area contributed by atoms with Crippen molar-refractivity contribution in [3.63, 3.8) is 0 Å². The molecule has 0 unspecified atom stereocenters. The van der Waals surface area contributed by atoms with Gasteiger partial charge in [0.2, 0.25) is 0 Å². The Morgan fingerprint density at radius 2 is 1.15 bits per heavy atom. The van der Waals surface area contributed by atoms with Crippen molar-refractivity contribution in [3.05, 3.63) is 0 Å². The Morgan fingerprint density at radius 3 is 1.70 bits per heavy atom. The number of ether oxygens (including phenoxy) is 5. The van der Waals surface area contributed by atoms with E-state index < -0.39 is 5.97 Å². The monoisotopic (exact) mass is 392 g/mol. The molecule has 0 aromatic rings. The number of carboxylic acid groups (broad SMARTS) is 1. The minimum atomic E-state index is -0.995. The van der Waals surface area contributed by atoms with E-state index in [1.165, 1.54) is 25.7 Å². The van der Waals surface area contributed by atoms with Crippen LogP contribution in [0.2, 0.25) is 0 Å². The van der Waals surface area contributed by atoms with Crippen molar-refractivity contribution < 1.29 is 38.4 Å². The highest BCUT2D eigenvalue weighted by molar-refractivity contribution is 5.69. The summed E-state index contributed by atoms with van der Waals surface area (Å²) in [6, 6.07) is 0. The van der Waals surface area contributed by atoms with Crippen LogP contribution in [-0.4, -0.2) is 76.5 Å². The molecule has 0 amide bonds. The smallest absolute Gasteiger partial charge is 0.329 e. The van der Waals surface area contributed by atoms with Crippen molar-refractivity contribution in [1.82, 2.24) is 0 Å². The fraction of sp³-hybridized carbons (Fsp3) is 0.895. The number of carboxylic acids is 1. The van der Waals surface area contributed by atoms with Gasteiger partial charge in [0, 0.05) is 6.42 Å². The quantitative estimate of drug-likeness (QED) is 0.235. The first-order valence-electron chi connectivity index (χ1n) is 9.85. The van der Waals surface area contributed by atoms with Crippen molar-refractivity contribution >= 4 is 11.9 Å². The molecule has 0 radical (unpaired) electrons. The third-order valence-electron chi connectivity index (χ3n) is 3.57. The van der Waals surface area contributed by atoms with Gasteiger partial charge in [-0.1, -0.05) is 39.0 Å². The van der Waals surface area contributed by atoms with Crippen LogP contribution in [0.1, 0.15) is 51.9 Å². The van der Waals surface area contributed by atoms with Crippen molar-refractivity contribution in [2.75, 3.05) is 59.5 Å². The first kappa shape index (κ1) is 25.8. The SMILES string of the molecule is CCCCCCCCC(=O)OCCOCCOCCOCCOCC(=O)O. The van der Waals surface area contributed by atoms with Crippen LogP contribution >= 0.6 is 0 Å². The maximum absolute atomic E-state index is 11.5. The largest absolute Gasteiger partial charge is 0.480 e. The van der Waals surface area contributed by atoms with Crippen molar-refractivity contribution in [2.45, 2.75) is 51.9 Å². The minimum Gasteiger partial charge on any atom is -0.480 e. The summed E-state index contributed by atoms with van der Waals surface area (Å²) in [4.78, 5) is 21.7. The molecular formula is C19H36O8. The minimum absolute atomic E-state index is 0.158. The van der Waals surface area contributed by atoms with Crippen LogP contribution in [0.25, 0.3) is 0 Å². The van der Waals surface area contributed by atoms with Crippen LogP contribution in [0.3, 0.4) is 0 Å². The Kier molecular flexibility index (Phi) is 20.1. The lowest BCUT2D eigenvalue weighted by Crippen LogP contribution is -2.15. The summed E-state index contributed by atoms with van der Waals surface area (Å²) in [6.07, 6.45) is 7.39. The standard InChI is InChI=1S/C19H36O8/c1-2-3-4-5-6-7-8-19(22)27-16-15-25-12-11-23-9-10-24-13-14-26-17-18(20)21/h2-17H2,1H3,(H,20,21). The maximum Gasteiger partial charge on any atom is 0.329 e. The number of hydrogen-bond donors (Lipinski definition) is 1. The molecule has 0 saturated heterocycles. The molecule has 0 bridgehead atoms. The topological polar surface area (TPSA) is 101 Å². The van der Waals surface area contributed by atoms with E-state index in [1.54, 1.807) is 0 Å². The van der Waals surface area contributed by atoms with E-state index in [0.29, 0.717) is 46.1 Å². The van der Waals surface area contributed by atoms with Gasteiger partial charge in [-0.15, -0.1) is 0 Å². The van der Waals surface area contributed by atoms with E-state index in [2.05, 4.69) is 6.92 Å². The van der Waals surface area contributed by atoms with Crippen LogP contribution in [-0.2, 0) is 33.3 Å². The van der Waals surface area contributed by atoms with Gasteiger partial charge in [0.05, 0.1) is 46.2 Å². The molecular weight excluding hydrogens is 356 g/mol. The summed E-state index contributed by atoms with van der Waals surface area (Å²) in [7, 11) is 0. The highest BCUT2D eigenvalue weighted by Gasteiger charge is 2.02. The Bertz CT molecular complexity index is 349. The summed E-state index contributed by atoms with van der Waals surface area (Å²) in [5.74, 6) is -1.15. The molecule has 160 valence electrons. The third-order valence-corrected chi connectivity index (χ3v) is 3.57. The van der Waals surface area contributed by atoms with Gasteiger partial charge in [-0.25, -0.2) is 4.79 Å². The lowest BCUT2D eigenvalue weighted by Gasteiger charge is -2.08. The molecule has 0 aromatic heterocycles. The average Bonchev–Trinajstić information content (AvgIpc) is 2.64. The molecule has 0 fully saturated rings. The third kappa shape index (κ3) is 22.7. The zero-order valence-electron chi connectivity index (χ0n) is 16.6. The maximum atomic E-state index is 11.5. The second-order valence-electron chi connectivity index (χ2n) is 6.02. The predicted molar refractivity (Wildman–Crippen MR) is 99.9 cm³/mol. The average molecular weight is 392 g/mol. The second-order valence-corrected chi connectivity index (χ2v) is 6.02. The molecule has 0 spiro atoms. The Balaban J connectivity index is 3.13.